The Balaban J connectivity index is 2.63. The Bertz CT molecular complexity index is 208. The zero-order chi connectivity index (χ0) is 12.2. The van der Waals surface area contributed by atoms with Gasteiger partial charge in [-0.2, -0.15) is 0 Å². The topological polar surface area (TPSA) is 47.3 Å². The highest BCUT2D eigenvalue weighted by Crippen LogP contribution is 2.28. The summed E-state index contributed by atoms with van der Waals surface area (Å²) in [5.74, 6) is 0.574. The van der Waals surface area contributed by atoms with Crippen molar-refractivity contribution in [3.63, 3.8) is 0 Å². The van der Waals surface area contributed by atoms with Crippen LogP contribution in [0.4, 0.5) is 0 Å². The third-order valence-corrected chi connectivity index (χ3v) is 3.80. The zero-order valence-corrected chi connectivity index (χ0v) is 11.3. The molecule has 16 heavy (non-hydrogen) atoms. The molecule has 0 aromatic heterocycles. The van der Waals surface area contributed by atoms with Crippen molar-refractivity contribution >= 4 is 0 Å². The van der Waals surface area contributed by atoms with Gasteiger partial charge in [0, 0.05) is 24.7 Å². The molecule has 0 amide bonds. The monoisotopic (exact) mass is 228 g/mol. The molecule has 1 aliphatic heterocycles. The molecule has 0 saturated carbocycles. The second kappa shape index (κ2) is 5.99. The lowest BCUT2D eigenvalue weighted by atomic mass is 9.82. The molecule has 0 aliphatic carbocycles. The lowest BCUT2D eigenvalue weighted by Crippen LogP contribution is -2.59. The van der Waals surface area contributed by atoms with Gasteiger partial charge in [0.05, 0.1) is 6.10 Å². The molecular formula is C13H28N2O. The van der Waals surface area contributed by atoms with Crippen LogP contribution in [0.15, 0.2) is 0 Å². The maximum absolute atomic E-state index is 5.99. The van der Waals surface area contributed by atoms with Crippen LogP contribution < -0.4 is 11.1 Å². The average molecular weight is 228 g/mol. The summed E-state index contributed by atoms with van der Waals surface area (Å²) in [7, 11) is 0. The van der Waals surface area contributed by atoms with Crippen molar-refractivity contribution in [2.45, 2.75) is 64.6 Å². The zero-order valence-electron chi connectivity index (χ0n) is 11.3. The van der Waals surface area contributed by atoms with Crippen LogP contribution in [-0.4, -0.2) is 30.8 Å². The van der Waals surface area contributed by atoms with E-state index in [1.165, 1.54) is 0 Å². The Morgan fingerprint density at radius 2 is 2.12 bits per heavy atom. The first-order valence-corrected chi connectivity index (χ1v) is 6.62. The summed E-state index contributed by atoms with van der Waals surface area (Å²) in [5.41, 5.74) is 6.09. The van der Waals surface area contributed by atoms with E-state index in [0.29, 0.717) is 24.6 Å². The molecule has 3 heteroatoms. The summed E-state index contributed by atoms with van der Waals surface area (Å²) in [6, 6.07) is 0.537. The van der Waals surface area contributed by atoms with E-state index in [-0.39, 0.29) is 5.54 Å². The molecule has 1 saturated heterocycles. The molecule has 1 rings (SSSR count). The molecule has 0 bridgehead atoms. The van der Waals surface area contributed by atoms with Crippen molar-refractivity contribution in [3.05, 3.63) is 0 Å². The van der Waals surface area contributed by atoms with Crippen molar-refractivity contribution in [1.82, 2.24) is 5.32 Å². The van der Waals surface area contributed by atoms with Gasteiger partial charge in [-0.1, -0.05) is 20.8 Å². The average Bonchev–Trinajstić information content (AvgIpc) is 2.29. The molecule has 0 radical (unpaired) electrons. The molecule has 3 nitrogen and oxygen atoms in total. The molecule has 96 valence electrons. The smallest absolute Gasteiger partial charge is 0.0616 e. The van der Waals surface area contributed by atoms with E-state index in [0.717, 1.165) is 25.9 Å². The van der Waals surface area contributed by atoms with Crippen LogP contribution in [0.3, 0.4) is 0 Å². The van der Waals surface area contributed by atoms with Crippen molar-refractivity contribution in [1.29, 1.82) is 0 Å². The molecule has 1 aliphatic rings. The van der Waals surface area contributed by atoms with Gasteiger partial charge in [0.2, 0.25) is 0 Å². The van der Waals surface area contributed by atoms with Gasteiger partial charge >= 0.3 is 0 Å². The lowest BCUT2D eigenvalue weighted by molar-refractivity contribution is -0.0515. The van der Waals surface area contributed by atoms with Gasteiger partial charge in [-0.05, 0) is 32.1 Å². The number of rotatable bonds is 5. The first-order chi connectivity index (χ1) is 7.53. The Labute approximate surface area is 100 Å². The van der Waals surface area contributed by atoms with Crippen LogP contribution >= 0.6 is 0 Å². The fraction of sp³-hybridized carbons (Fsp3) is 1.00. The Morgan fingerprint density at radius 1 is 1.44 bits per heavy atom. The molecule has 1 fully saturated rings. The fourth-order valence-electron chi connectivity index (χ4n) is 2.38. The van der Waals surface area contributed by atoms with Crippen molar-refractivity contribution in [2.75, 3.05) is 13.2 Å². The summed E-state index contributed by atoms with van der Waals surface area (Å²) in [5, 5.41) is 3.71. The second-order valence-corrected chi connectivity index (χ2v) is 5.55. The van der Waals surface area contributed by atoms with E-state index in [1.54, 1.807) is 0 Å². The molecule has 0 aromatic rings. The molecule has 3 N–H and O–H groups in total. The standard InChI is InChI=1S/C13H28N2O/c1-5-11(4)15-13(9-14)6-7-16-12(8-13)10(2)3/h10-12,15H,5-9,14H2,1-4H3. The SMILES string of the molecule is CCC(C)NC1(CN)CCOC(C(C)C)C1. The highest BCUT2D eigenvalue weighted by molar-refractivity contribution is 4.96. The van der Waals surface area contributed by atoms with Gasteiger partial charge in [0.1, 0.15) is 0 Å². The summed E-state index contributed by atoms with van der Waals surface area (Å²) in [6.45, 7) is 10.4. The van der Waals surface area contributed by atoms with Crippen molar-refractivity contribution in [3.8, 4) is 0 Å². The minimum absolute atomic E-state index is 0.0998. The third-order valence-electron chi connectivity index (χ3n) is 3.80. The van der Waals surface area contributed by atoms with Gasteiger partial charge in [-0.15, -0.1) is 0 Å². The van der Waals surface area contributed by atoms with Gasteiger partial charge in [-0.25, -0.2) is 0 Å². The van der Waals surface area contributed by atoms with Crippen molar-refractivity contribution < 1.29 is 4.74 Å². The lowest BCUT2D eigenvalue weighted by Gasteiger charge is -2.44. The van der Waals surface area contributed by atoms with Gasteiger partial charge in [-0.3, -0.25) is 0 Å². The Kier molecular flexibility index (Phi) is 5.22. The van der Waals surface area contributed by atoms with Gasteiger partial charge < -0.3 is 15.8 Å². The normalized spacial score (nSPS) is 33.0. The quantitative estimate of drug-likeness (QED) is 0.755. The van der Waals surface area contributed by atoms with Crippen LogP contribution in [0.25, 0.3) is 0 Å². The summed E-state index contributed by atoms with van der Waals surface area (Å²) in [4.78, 5) is 0. The van der Waals surface area contributed by atoms with Crippen molar-refractivity contribution in [2.24, 2.45) is 11.7 Å². The summed E-state index contributed by atoms with van der Waals surface area (Å²) < 4.78 is 5.82. The minimum atomic E-state index is 0.0998. The number of nitrogens with one attached hydrogen (secondary N) is 1. The number of nitrogens with two attached hydrogens (primary N) is 1. The predicted molar refractivity (Wildman–Crippen MR) is 68.5 cm³/mol. The van der Waals surface area contributed by atoms with E-state index >= 15 is 0 Å². The molecular weight excluding hydrogens is 200 g/mol. The predicted octanol–water partition coefficient (Wildman–Crippen LogP) is 1.91. The fourth-order valence-corrected chi connectivity index (χ4v) is 2.38. The van der Waals surface area contributed by atoms with E-state index < -0.39 is 0 Å². The highest BCUT2D eigenvalue weighted by Gasteiger charge is 2.37. The first kappa shape index (κ1) is 13.9. The van der Waals surface area contributed by atoms with E-state index in [4.69, 9.17) is 10.5 Å². The van der Waals surface area contributed by atoms with E-state index in [9.17, 15) is 0 Å². The maximum atomic E-state index is 5.99. The minimum Gasteiger partial charge on any atom is -0.378 e. The molecule has 3 atom stereocenters. The second-order valence-electron chi connectivity index (χ2n) is 5.55. The molecule has 1 heterocycles. The highest BCUT2D eigenvalue weighted by atomic mass is 16.5. The van der Waals surface area contributed by atoms with Crippen LogP contribution in [0.5, 0.6) is 0 Å². The Hall–Kier alpha value is -0.120. The van der Waals surface area contributed by atoms with E-state index in [2.05, 4.69) is 33.0 Å². The van der Waals surface area contributed by atoms with Crippen LogP contribution in [0.1, 0.15) is 47.0 Å². The number of hydrogen-bond acceptors (Lipinski definition) is 3. The number of hydrogen-bond donors (Lipinski definition) is 2. The Morgan fingerprint density at radius 3 is 2.62 bits per heavy atom. The molecule has 0 spiro atoms. The van der Waals surface area contributed by atoms with Gasteiger partial charge in [0.25, 0.3) is 0 Å². The van der Waals surface area contributed by atoms with Crippen LogP contribution in [-0.2, 0) is 4.74 Å². The molecule has 3 unspecified atom stereocenters. The third kappa shape index (κ3) is 3.44. The van der Waals surface area contributed by atoms with Gasteiger partial charge in [0.15, 0.2) is 0 Å². The van der Waals surface area contributed by atoms with Crippen LogP contribution in [0.2, 0.25) is 0 Å². The maximum Gasteiger partial charge on any atom is 0.0616 e. The van der Waals surface area contributed by atoms with E-state index in [1.807, 2.05) is 0 Å². The van der Waals surface area contributed by atoms with Crippen LogP contribution in [0, 0.1) is 5.92 Å². The summed E-state index contributed by atoms with van der Waals surface area (Å²) >= 11 is 0. The number of ether oxygens (including phenoxy) is 1. The first-order valence-electron chi connectivity index (χ1n) is 6.62. The summed E-state index contributed by atoms with van der Waals surface area (Å²) in [6.07, 6.45) is 3.59. The molecule has 0 aromatic carbocycles. The largest absolute Gasteiger partial charge is 0.378 e.